The minimum atomic E-state index is -0.625. The Hall–Kier alpha value is -4.54. The van der Waals surface area contributed by atoms with Gasteiger partial charge in [-0.2, -0.15) is 0 Å². The summed E-state index contributed by atoms with van der Waals surface area (Å²) in [5.41, 5.74) is 6.47. The zero-order valence-electron chi connectivity index (χ0n) is 21.5. The van der Waals surface area contributed by atoms with Crippen LogP contribution in [-0.2, 0) is 15.1 Å². The number of carbonyl (C=O) groups excluding carboxylic acids is 1. The summed E-state index contributed by atoms with van der Waals surface area (Å²) in [7, 11) is 0. The Morgan fingerprint density at radius 3 is 1.79 bits per heavy atom. The highest BCUT2D eigenvalue weighted by Crippen LogP contribution is 2.50. The molecular weight excluding hydrogens is 480 g/mol. The molecule has 1 spiro atoms. The molecule has 0 atom stereocenters. The van der Waals surface area contributed by atoms with Gasteiger partial charge in [0.25, 0.3) is 0 Å². The Kier molecular flexibility index (Phi) is 5.64. The number of nitrogens with zero attached hydrogens (tertiary/aromatic N) is 2. The van der Waals surface area contributed by atoms with Crippen LogP contribution in [0.5, 0.6) is 0 Å². The minimum absolute atomic E-state index is 0.0906. The highest BCUT2D eigenvalue weighted by molar-refractivity contribution is 6.09. The first kappa shape index (κ1) is 23.6. The van der Waals surface area contributed by atoms with E-state index in [-0.39, 0.29) is 11.2 Å². The van der Waals surface area contributed by atoms with E-state index in [0.717, 1.165) is 39.1 Å². The molecule has 0 N–H and O–H groups in total. The molecule has 190 valence electrons. The van der Waals surface area contributed by atoms with Gasteiger partial charge < -0.3 is 9.30 Å². The molecule has 1 aliphatic carbocycles. The normalized spacial score (nSPS) is 17.1. The van der Waals surface area contributed by atoms with Crippen molar-refractivity contribution in [3.05, 3.63) is 156 Å². The van der Waals surface area contributed by atoms with E-state index in [9.17, 15) is 4.79 Å². The molecule has 1 saturated heterocycles. The van der Waals surface area contributed by atoms with Crippen molar-refractivity contribution in [1.82, 2.24) is 9.55 Å². The number of ketones is 1. The lowest BCUT2D eigenvalue weighted by atomic mass is 9.61. The number of rotatable bonds is 6. The fourth-order valence-electron chi connectivity index (χ4n) is 6.17. The topological polar surface area (TPSA) is 44.1 Å². The predicted molar refractivity (Wildman–Crippen MR) is 153 cm³/mol. The summed E-state index contributed by atoms with van der Waals surface area (Å²) < 4.78 is 7.69. The second-order valence-electron chi connectivity index (χ2n) is 10.5. The third-order valence-electron chi connectivity index (χ3n) is 8.21. The first-order valence-electron chi connectivity index (χ1n) is 13.3. The van der Waals surface area contributed by atoms with Crippen LogP contribution in [0.3, 0.4) is 0 Å². The van der Waals surface area contributed by atoms with Gasteiger partial charge in [-0.3, -0.25) is 4.79 Å². The van der Waals surface area contributed by atoms with Crippen LogP contribution in [0, 0.1) is 5.41 Å². The van der Waals surface area contributed by atoms with Crippen LogP contribution in [0.2, 0.25) is 0 Å². The van der Waals surface area contributed by atoms with Gasteiger partial charge in [-0.1, -0.05) is 115 Å². The molecule has 5 aromatic rings. The Balaban J connectivity index is 1.41. The van der Waals surface area contributed by atoms with Crippen LogP contribution < -0.4 is 0 Å². The molecule has 1 aliphatic heterocycles. The number of imidazole rings is 1. The molecule has 0 bridgehead atoms. The van der Waals surface area contributed by atoms with Crippen LogP contribution in [0.25, 0.3) is 17.3 Å². The molecular formula is C35H28N2O2. The van der Waals surface area contributed by atoms with Gasteiger partial charge in [-0.15, -0.1) is 0 Å². The Bertz CT molecular complexity index is 1570. The maximum atomic E-state index is 12.6. The minimum Gasteiger partial charge on any atom is -0.379 e. The van der Waals surface area contributed by atoms with Crippen LogP contribution >= 0.6 is 0 Å². The van der Waals surface area contributed by atoms with E-state index < -0.39 is 5.54 Å². The van der Waals surface area contributed by atoms with E-state index in [1.54, 1.807) is 0 Å². The summed E-state index contributed by atoms with van der Waals surface area (Å²) in [6, 6.07) is 40.0. The summed E-state index contributed by atoms with van der Waals surface area (Å²) in [4.78, 5) is 17.5. The van der Waals surface area contributed by atoms with E-state index in [2.05, 4.69) is 120 Å². The van der Waals surface area contributed by atoms with Crippen molar-refractivity contribution in [2.24, 2.45) is 5.41 Å². The summed E-state index contributed by atoms with van der Waals surface area (Å²) in [6.45, 7) is 1.27. The maximum Gasteiger partial charge on any atom is 0.160 e. The monoisotopic (exact) mass is 508 g/mol. The van der Waals surface area contributed by atoms with Gasteiger partial charge in [0.05, 0.1) is 30.7 Å². The summed E-state index contributed by atoms with van der Waals surface area (Å²) >= 11 is 0. The zero-order valence-corrected chi connectivity index (χ0v) is 21.5. The average molecular weight is 509 g/mol. The molecule has 4 aromatic carbocycles. The maximum absolute atomic E-state index is 12.6. The average Bonchev–Trinajstić information content (AvgIpc) is 3.46. The molecule has 2 fully saturated rings. The van der Waals surface area contributed by atoms with Crippen molar-refractivity contribution in [2.75, 3.05) is 13.2 Å². The van der Waals surface area contributed by atoms with E-state index >= 15 is 0 Å². The van der Waals surface area contributed by atoms with Crippen molar-refractivity contribution in [3.8, 4) is 11.3 Å². The second-order valence-corrected chi connectivity index (χ2v) is 10.5. The SMILES string of the molecule is O=C1CC2(COC2)C1=Cc1ccccc1-c1cn(C(c2ccccc2)(c2ccccc2)c2ccccc2)cn1. The third kappa shape index (κ3) is 3.71. The van der Waals surface area contributed by atoms with Gasteiger partial charge in [-0.05, 0) is 28.3 Å². The van der Waals surface area contributed by atoms with Crippen molar-refractivity contribution in [1.29, 1.82) is 0 Å². The van der Waals surface area contributed by atoms with Crippen molar-refractivity contribution >= 4 is 11.9 Å². The summed E-state index contributed by atoms with van der Waals surface area (Å²) in [5.74, 6) is 0.217. The van der Waals surface area contributed by atoms with E-state index in [4.69, 9.17) is 9.72 Å². The molecule has 4 heteroatoms. The lowest BCUT2D eigenvalue weighted by Crippen LogP contribution is -2.54. The van der Waals surface area contributed by atoms with Gasteiger partial charge >= 0.3 is 0 Å². The number of Topliss-reactive ketones (excluding diaryl/α,β-unsaturated/α-hetero) is 1. The van der Waals surface area contributed by atoms with Crippen molar-refractivity contribution in [3.63, 3.8) is 0 Å². The number of aromatic nitrogens is 2. The summed E-state index contributed by atoms with van der Waals surface area (Å²) in [5, 5.41) is 0. The molecule has 4 nitrogen and oxygen atoms in total. The Labute approximate surface area is 228 Å². The number of carbonyl (C=O) groups is 1. The molecule has 2 heterocycles. The summed E-state index contributed by atoms with van der Waals surface area (Å²) in [6.07, 6.45) is 6.71. The number of ether oxygens (including phenoxy) is 1. The quantitative estimate of drug-likeness (QED) is 0.188. The predicted octanol–water partition coefficient (Wildman–Crippen LogP) is 6.76. The molecule has 0 radical (unpaired) electrons. The molecule has 0 amide bonds. The Morgan fingerprint density at radius 1 is 0.744 bits per heavy atom. The lowest BCUT2D eigenvalue weighted by molar-refractivity contribution is -0.150. The number of hydrogen-bond donors (Lipinski definition) is 0. The van der Waals surface area contributed by atoms with Crippen LogP contribution in [-0.4, -0.2) is 28.5 Å². The van der Waals surface area contributed by atoms with Gasteiger partial charge in [0, 0.05) is 23.8 Å². The highest BCUT2D eigenvalue weighted by Gasteiger charge is 2.54. The lowest BCUT2D eigenvalue weighted by Gasteiger charge is -2.49. The van der Waals surface area contributed by atoms with Gasteiger partial charge in [0.1, 0.15) is 5.54 Å². The number of benzene rings is 4. The third-order valence-corrected chi connectivity index (χ3v) is 8.21. The Morgan fingerprint density at radius 2 is 1.28 bits per heavy atom. The van der Waals surface area contributed by atoms with Crippen molar-refractivity contribution in [2.45, 2.75) is 12.0 Å². The molecule has 1 aromatic heterocycles. The molecule has 0 unspecified atom stereocenters. The molecule has 1 saturated carbocycles. The second kappa shape index (κ2) is 9.33. The van der Waals surface area contributed by atoms with E-state index in [1.165, 1.54) is 0 Å². The van der Waals surface area contributed by atoms with E-state index in [0.29, 0.717) is 19.6 Å². The van der Waals surface area contributed by atoms with Crippen LogP contribution in [0.4, 0.5) is 0 Å². The number of hydrogen-bond acceptors (Lipinski definition) is 3. The first-order valence-corrected chi connectivity index (χ1v) is 13.3. The molecule has 2 aliphatic rings. The highest BCUT2D eigenvalue weighted by atomic mass is 16.5. The first-order chi connectivity index (χ1) is 19.2. The van der Waals surface area contributed by atoms with Gasteiger partial charge in [-0.25, -0.2) is 4.98 Å². The van der Waals surface area contributed by atoms with Gasteiger partial charge in [0.15, 0.2) is 5.78 Å². The van der Waals surface area contributed by atoms with Gasteiger partial charge in [0.2, 0.25) is 0 Å². The standard InChI is InChI=1S/C35H28N2O2/c38-33-21-34(23-39-24-34)31(33)20-26-12-10-11-19-30(26)32-22-37(25-36-32)35(27-13-4-1-5-14-27,28-15-6-2-7-16-28)29-17-8-3-9-18-29/h1-20,22,25H,21,23-24H2. The van der Waals surface area contributed by atoms with E-state index in [1.807, 2.05) is 18.5 Å². The van der Waals surface area contributed by atoms with Crippen LogP contribution in [0.1, 0.15) is 28.7 Å². The molecule has 39 heavy (non-hydrogen) atoms. The fraction of sp³-hybridized carbons (Fsp3) is 0.143. The van der Waals surface area contributed by atoms with Crippen molar-refractivity contribution < 1.29 is 9.53 Å². The zero-order chi connectivity index (χ0) is 26.3. The fourth-order valence-corrected chi connectivity index (χ4v) is 6.17. The largest absolute Gasteiger partial charge is 0.379 e. The van der Waals surface area contributed by atoms with Crippen LogP contribution in [0.15, 0.2) is 133 Å². The molecule has 7 rings (SSSR count). The smallest absolute Gasteiger partial charge is 0.160 e.